The molecule has 0 aliphatic heterocycles. The summed E-state index contributed by atoms with van der Waals surface area (Å²) in [6.45, 7) is 1.49. The third-order valence-corrected chi connectivity index (χ3v) is 1.59. The molecule has 0 aliphatic carbocycles. The van der Waals surface area contributed by atoms with Gasteiger partial charge in [0.25, 0.3) is 5.91 Å². The number of carbonyl (C=O) groups is 1. The topological polar surface area (TPSA) is 72.7 Å². The van der Waals surface area contributed by atoms with Gasteiger partial charge in [-0.25, -0.2) is 5.06 Å². The van der Waals surface area contributed by atoms with Gasteiger partial charge in [0.15, 0.2) is 0 Å². The van der Waals surface area contributed by atoms with Crippen molar-refractivity contribution in [2.24, 2.45) is 5.92 Å². The fourth-order valence-electron chi connectivity index (χ4n) is 0.738. The highest BCUT2D eigenvalue weighted by molar-refractivity contribution is 5.86. The Morgan fingerprint density at radius 2 is 2.29 bits per heavy atom. The van der Waals surface area contributed by atoms with Crippen molar-refractivity contribution in [1.29, 1.82) is 0 Å². The highest BCUT2D eigenvalue weighted by atomic mass is 16.7. The molecule has 0 fully saturated rings. The number of hydroxylamine groups is 2. The maximum atomic E-state index is 11.1. The summed E-state index contributed by atoms with van der Waals surface area (Å²) in [6.07, 6.45) is 2.75. The average molecular weight is 202 g/mol. The van der Waals surface area contributed by atoms with Crippen LogP contribution in [0.5, 0.6) is 0 Å². The van der Waals surface area contributed by atoms with Gasteiger partial charge in [-0.1, -0.05) is 13.0 Å². The molecule has 0 heterocycles. The lowest BCUT2D eigenvalue weighted by Crippen LogP contribution is -2.23. The van der Waals surface area contributed by atoms with Crippen molar-refractivity contribution in [3.05, 3.63) is 22.3 Å². The van der Waals surface area contributed by atoms with E-state index in [1.165, 1.54) is 26.3 Å². The Kier molecular flexibility index (Phi) is 5.47. The van der Waals surface area contributed by atoms with Crippen molar-refractivity contribution in [1.82, 2.24) is 5.06 Å². The van der Waals surface area contributed by atoms with E-state index in [9.17, 15) is 14.9 Å². The number of hydrogen-bond donors (Lipinski definition) is 0. The minimum atomic E-state index is -0.417. The van der Waals surface area contributed by atoms with Crippen LogP contribution < -0.4 is 0 Å². The predicted molar refractivity (Wildman–Crippen MR) is 49.9 cm³/mol. The van der Waals surface area contributed by atoms with Crippen molar-refractivity contribution in [2.45, 2.75) is 6.92 Å². The molecule has 14 heavy (non-hydrogen) atoms. The van der Waals surface area contributed by atoms with Gasteiger partial charge >= 0.3 is 0 Å². The van der Waals surface area contributed by atoms with Gasteiger partial charge in [0, 0.05) is 24.0 Å². The van der Waals surface area contributed by atoms with Crippen LogP contribution in [0.3, 0.4) is 0 Å². The minimum absolute atomic E-state index is 0.180. The molecule has 6 heteroatoms. The van der Waals surface area contributed by atoms with Gasteiger partial charge in [0.1, 0.15) is 0 Å². The van der Waals surface area contributed by atoms with Crippen LogP contribution in [0.1, 0.15) is 6.92 Å². The van der Waals surface area contributed by atoms with Crippen LogP contribution in [-0.2, 0) is 9.63 Å². The number of nitro groups is 1. The summed E-state index contributed by atoms with van der Waals surface area (Å²) in [7, 11) is 2.83. The third-order valence-electron chi connectivity index (χ3n) is 1.59. The molecule has 0 aliphatic rings. The first-order chi connectivity index (χ1) is 6.47. The summed E-state index contributed by atoms with van der Waals surface area (Å²) in [5, 5.41) is 11.1. The second kappa shape index (κ2) is 6.09. The van der Waals surface area contributed by atoms with Gasteiger partial charge in [0.05, 0.1) is 7.11 Å². The zero-order valence-electron chi connectivity index (χ0n) is 8.47. The first kappa shape index (κ1) is 12.6. The highest BCUT2D eigenvalue weighted by Crippen LogP contribution is 1.98. The Morgan fingerprint density at radius 3 is 2.71 bits per heavy atom. The Labute approximate surface area is 82.2 Å². The van der Waals surface area contributed by atoms with Crippen LogP contribution >= 0.6 is 0 Å². The van der Waals surface area contributed by atoms with Crippen molar-refractivity contribution >= 4 is 5.91 Å². The number of amides is 1. The first-order valence-electron chi connectivity index (χ1n) is 4.09. The van der Waals surface area contributed by atoms with E-state index in [1.54, 1.807) is 6.92 Å². The van der Waals surface area contributed by atoms with E-state index in [0.29, 0.717) is 0 Å². The van der Waals surface area contributed by atoms with Crippen molar-refractivity contribution in [3.8, 4) is 0 Å². The van der Waals surface area contributed by atoms with Crippen LogP contribution in [0.4, 0.5) is 0 Å². The molecule has 1 atom stereocenters. The van der Waals surface area contributed by atoms with E-state index in [2.05, 4.69) is 4.84 Å². The summed E-state index contributed by atoms with van der Waals surface area (Å²) in [5.74, 6) is -0.609. The van der Waals surface area contributed by atoms with E-state index in [4.69, 9.17) is 0 Å². The highest BCUT2D eigenvalue weighted by Gasteiger charge is 2.07. The summed E-state index contributed by atoms with van der Waals surface area (Å²) in [5.41, 5.74) is 0. The monoisotopic (exact) mass is 202 g/mol. The molecule has 0 saturated carbocycles. The van der Waals surface area contributed by atoms with E-state index in [1.807, 2.05) is 0 Å². The molecule has 6 nitrogen and oxygen atoms in total. The summed E-state index contributed by atoms with van der Waals surface area (Å²) in [4.78, 5) is 25.4. The van der Waals surface area contributed by atoms with E-state index in [0.717, 1.165) is 5.06 Å². The number of carbonyl (C=O) groups excluding carboxylic acids is 1. The van der Waals surface area contributed by atoms with Gasteiger partial charge in [-0.05, 0) is 0 Å². The molecule has 0 bridgehead atoms. The molecule has 0 N–H and O–H groups in total. The normalized spacial score (nSPS) is 12.8. The van der Waals surface area contributed by atoms with Crippen LogP contribution in [0.25, 0.3) is 0 Å². The number of rotatable bonds is 5. The molecular formula is C8H14N2O4. The molecule has 0 aromatic rings. The second-order valence-corrected chi connectivity index (χ2v) is 2.87. The fraction of sp³-hybridized carbons (Fsp3) is 0.625. The standard InChI is InChI=1S/C8H14N2O4/c1-7(6-10(12)13)4-5-8(11)9(2)14-3/h4-5,7H,6H2,1-3H3/b5-4+/t7-/m0/s1. The predicted octanol–water partition coefficient (Wildman–Crippen LogP) is 0.475. The Morgan fingerprint density at radius 1 is 1.71 bits per heavy atom. The van der Waals surface area contributed by atoms with Crippen molar-refractivity contribution in [3.63, 3.8) is 0 Å². The largest absolute Gasteiger partial charge is 0.274 e. The van der Waals surface area contributed by atoms with Crippen molar-refractivity contribution < 1.29 is 14.6 Å². The van der Waals surface area contributed by atoms with Gasteiger partial charge in [-0.2, -0.15) is 0 Å². The lowest BCUT2D eigenvalue weighted by Gasteiger charge is -2.10. The maximum Gasteiger partial charge on any atom is 0.269 e. The third kappa shape index (κ3) is 5.26. The molecular weight excluding hydrogens is 188 g/mol. The summed E-state index contributed by atoms with van der Waals surface area (Å²) in [6, 6.07) is 0. The van der Waals surface area contributed by atoms with Gasteiger partial charge in [0.2, 0.25) is 6.54 Å². The van der Waals surface area contributed by atoms with Gasteiger partial charge in [-0.3, -0.25) is 19.7 Å². The molecule has 1 amide bonds. The molecule has 80 valence electrons. The molecule has 0 rings (SSSR count). The van der Waals surface area contributed by atoms with E-state index >= 15 is 0 Å². The SMILES string of the molecule is CON(C)C(=O)/C=C/[C@H](C)C[N+](=O)[O-]. The fourth-order valence-corrected chi connectivity index (χ4v) is 0.738. The minimum Gasteiger partial charge on any atom is -0.274 e. The zero-order valence-corrected chi connectivity index (χ0v) is 8.47. The van der Waals surface area contributed by atoms with Gasteiger partial charge in [-0.15, -0.1) is 0 Å². The Bertz CT molecular complexity index is 239. The number of hydrogen-bond acceptors (Lipinski definition) is 4. The molecule has 0 saturated heterocycles. The van der Waals surface area contributed by atoms with E-state index < -0.39 is 4.92 Å². The zero-order chi connectivity index (χ0) is 11.1. The molecule has 0 radical (unpaired) electrons. The molecule has 0 unspecified atom stereocenters. The number of nitrogens with zero attached hydrogens (tertiary/aromatic N) is 2. The number of likely N-dealkylation sites (N-methyl/N-ethyl adjacent to an activating group) is 1. The quantitative estimate of drug-likeness (QED) is 0.369. The first-order valence-corrected chi connectivity index (χ1v) is 4.09. The summed E-state index contributed by atoms with van der Waals surface area (Å²) < 4.78 is 0. The lowest BCUT2D eigenvalue weighted by molar-refractivity contribution is -0.485. The Balaban J connectivity index is 4.03. The second-order valence-electron chi connectivity index (χ2n) is 2.87. The molecule has 0 aromatic carbocycles. The molecule has 0 aromatic heterocycles. The van der Waals surface area contributed by atoms with Crippen LogP contribution in [0.2, 0.25) is 0 Å². The van der Waals surface area contributed by atoms with Crippen LogP contribution in [0, 0.1) is 16.0 Å². The smallest absolute Gasteiger partial charge is 0.269 e. The van der Waals surface area contributed by atoms with Crippen LogP contribution in [-0.4, -0.2) is 36.6 Å². The van der Waals surface area contributed by atoms with Gasteiger partial charge < -0.3 is 0 Å². The Hall–Kier alpha value is -1.43. The molecule has 0 spiro atoms. The lowest BCUT2D eigenvalue weighted by atomic mass is 10.1. The summed E-state index contributed by atoms with van der Waals surface area (Å²) >= 11 is 0. The van der Waals surface area contributed by atoms with Crippen molar-refractivity contribution in [2.75, 3.05) is 20.7 Å². The maximum absolute atomic E-state index is 11.1. The average Bonchev–Trinajstić information content (AvgIpc) is 2.11. The van der Waals surface area contributed by atoms with Crippen LogP contribution in [0.15, 0.2) is 12.2 Å². The van der Waals surface area contributed by atoms with E-state index in [-0.39, 0.29) is 18.4 Å².